The molecule has 0 spiro atoms. The molecule has 2 heteroatoms. The Kier molecular flexibility index (Phi) is 13.3. The van der Waals surface area contributed by atoms with E-state index in [0.717, 1.165) is 11.9 Å². The third-order valence-corrected chi connectivity index (χ3v) is 4.69. The van der Waals surface area contributed by atoms with Crippen molar-refractivity contribution in [1.82, 2.24) is 4.98 Å². The lowest BCUT2D eigenvalue weighted by molar-refractivity contribution is 0.549. The van der Waals surface area contributed by atoms with Gasteiger partial charge in [0.2, 0.25) is 0 Å². The summed E-state index contributed by atoms with van der Waals surface area (Å²) in [7, 11) is 0. The zero-order valence-electron chi connectivity index (χ0n) is 16.3. The quantitative estimate of drug-likeness (QED) is 0.276. The lowest BCUT2D eigenvalue weighted by Gasteiger charge is -2.04. The number of unbranched alkanes of at least 4 members (excludes halogenated alkanes) is 10. The Balaban J connectivity index is 0.00000151. The molecule has 0 aliphatic rings. The van der Waals surface area contributed by atoms with E-state index in [9.17, 15) is 0 Å². The van der Waals surface area contributed by atoms with Crippen molar-refractivity contribution in [3.05, 3.63) is 42.1 Å². The smallest absolute Gasteiger partial charge is 0.0705 e. The summed E-state index contributed by atoms with van der Waals surface area (Å²) in [6.07, 6.45) is 18.0. The molecule has 0 aliphatic heterocycles. The summed E-state index contributed by atoms with van der Waals surface area (Å²) < 4.78 is 0. The molecular formula is C23H36ClN. The molecule has 0 atom stereocenters. The Labute approximate surface area is 160 Å². The minimum atomic E-state index is 1.13. The largest absolute Gasteiger partial charge is 0.253 e. The third-order valence-electron chi connectivity index (χ3n) is 4.69. The average Bonchev–Trinajstić information content (AvgIpc) is 2.67. The molecule has 2 aromatic rings. The Morgan fingerprint density at radius 1 is 0.680 bits per heavy atom. The van der Waals surface area contributed by atoms with Crippen LogP contribution in [0, 0.1) is 0 Å². The van der Waals surface area contributed by atoms with Crippen molar-refractivity contribution in [3.63, 3.8) is 0 Å². The van der Waals surface area contributed by atoms with Crippen LogP contribution in [0.4, 0.5) is 0 Å². The highest BCUT2D eigenvalue weighted by molar-refractivity contribution is 6.15. The van der Waals surface area contributed by atoms with Gasteiger partial charge in [0, 0.05) is 17.5 Å². The number of rotatable bonds is 12. The maximum absolute atomic E-state index is 4.76. The van der Waals surface area contributed by atoms with Crippen molar-refractivity contribution in [3.8, 4) is 0 Å². The van der Waals surface area contributed by atoms with E-state index in [-0.39, 0.29) is 0 Å². The molecule has 25 heavy (non-hydrogen) atoms. The van der Waals surface area contributed by atoms with Crippen molar-refractivity contribution >= 4 is 22.5 Å². The Bertz CT molecular complexity index is 553. The molecule has 1 heterocycles. The van der Waals surface area contributed by atoms with Gasteiger partial charge in [-0.05, 0) is 25.0 Å². The van der Waals surface area contributed by atoms with Crippen molar-refractivity contribution in [2.75, 3.05) is 6.38 Å². The summed E-state index contributed by atoms with van der Waals surface area (Å²) in [6.45, 7) is 2.29. The van der Waals surface area contributed by atoms with E-state index in [1.54, 1.807) is 0 Å². The lowest BCUT2D eigenvalue weighted by atomic mass is 10.0. The highest BCUT2D eigenvalue weighted by atomic mass is 35.5. The average molecular weight is 362 g/mol. The van der Waals surface area contributed by atoms with Crippen LogP contribution in [-0.2, 0) is 6.42 Å². The van der Waals surface area contributed by atoms with E-state index in [1.807, 2.05) is 0 Å². The van der Waals surface area contributed by atoms with Crippen molar-refractivity contribution < 1.29 is 0 Å². The number of aromatic nitrogens is 1. The predicted octanol–water partition coefficient (Wildman–Crippen LogP) is 7.94. The fourth-order valence-corrected chi connectivity index (χ4v) is 3.22. The molecule has 0 aliphatic carbocycles. The first-order chi connectivity index (χ1) is 12.4. The highest BCUT2D eigenvalue weighted by Crippen LogP contribution is 2.15. The molecule has 0 amide bonds. The molecule has 140 valence electrons. The molecule has 0 saturated carbocycles. The van der Waals surface area contributed by atoms with E-state index in [2.05, 4.69) is 54.9 Å². The molecule has 0 unspecified atom stereocenters. The van der Waals surface area contributed by atoms with Gasteiger partial charge in [0.15, 0.2) is 0 Å². The van der Waals surface area contributed by atoms with Gasteiger partial charge in [-0.25, -0.2) is 0 Å². The first kappa shape index (κ1) is 22.0. The van der Waals surface area contributed by atoms with Crippen LogP contribution in [0.2, 0.25) is 0 Å². The number of hydrogen-bond donors (Lipinski definition) is 0. The van der Waals surface area contributed by atoms with Crippen molar-refractivity contribution in [1.29, 1.82) is 0 Å². The number of nitrogens with zero attached hydrogens (tertiary/aromatic N) is 1. The zero-order chi connectivity index (χ0) is 18.2. The van der Waals surface area contributed by atoms with Crippen molar-refractivity contribution in [2.24, 2.45) is 0 Å². The van der Waals surface area contributed by atoms with Gasteiger partial charge >= 0.3 is 0 Å². The second-order valence-corrected chi connectivity index (χ2v) is 6.78. The number of fused-ring (bicyclic) bond motifs is 1. The number of hydrogen-bond acceptors (Lipinski definition) is 1. The number of aryl methyl sites for hydroxylation is 1. The van der Waals surface area contributed by atoms with Gasteiger partial charge in [-0.1, -0.05) is 95.4 Å². The minimum absolute atomic E-state index is 1.13. The molecule has 1 aromatic heterocycles. The Morgan fingerprint density at radius 2 is 1.24 bits per heavy atom. The van der Waals surface area contributed by atoms with E-state index in [4.69, 9.17) is 4.98 Å². The number of para-hydroxylation sites is 1. The van der Waals surface area contributed by atoms with E-state index >= 15 is 0 Å². The SMILES string of the molecule is CCCCCCCCCCCCCc1ccc2ccccc2n1.CCl. The summed E-state index contributed by atoms with van der Waals surface area (Å²) in [5, 5.41) is 1.25. The van der Waals surface area contributed by atoms with E-state index < -0.39 is 0 Å². The number of halogens is 1. The highest BCUT2D eigenvalue weighted by Gasteiger charge is 1.98. The fraction of sp³-hybridized carbons (Fsp3) is 0.609. The van der Waals surface area contributed by atoms with Gasteiger partial charge < -0.3 is 0 Å². The molecule has 2 rings (SSSR count). The molecule has 0 N–H and O–H groups in total. The molecule has 0 bridgehead atoms. The maximum Gasteiger partial charge on any atom is 0.0705 e. The van der Waals surface area contributed by atoms with Gasteiger partial charge in [0.05, 0.1) is 5.52 Å². The van der Waals surface area contributed by atoms with E-state index in [1.165, 1.54) is 88.1 Å². The normalized spacial score (nSPS) is 10.5. The molecule has 0 fully saturated rings. The van der Waals surface area contributed by atoms with Crippen LogP contribution in [0.3, 0.4) is 0 Å². The zero-order valence-corrected chi connectivity index (χ0v) is 17.0. The number of alkyl halides is 1. The fourth-order valence-electron chi connectivity index (χ4n) is 3.22. The van der Waals surface area contributed by atoms with Gasteiger partial charge in [-0.3, -0.25) is 4.98 Å². The van der Waals surface area contributed by atoms with Crippen LogP contribution < -0.4 is 0 Å². The summed E-state index contributed by atoms with van der Waals surface area (Å²) in [6, 6.07) is 12.8. The number of benzene rings is 1. The van der Waals surface area contributed by atoms with Crippen LogP contribution in [0.1, 0.15) is 83.2 Å². The molecular weight excluding hydrogens is 326 g/mol. The van der Waals surface area contributed by atoms with Crippen LogP contribution in [0.5, 0.6) is 0 Å². The molecule has 0 saturated heterocycles. The van der Waals surface area contributed by atoms with Crippen LogP contribution in [-0.4, -0.2) is 11.4 Å². The molecule has 0 radical (unpaired) electrons. The minimum Gasteiger partial charge on any atom is -0.253 e. The summed E-state index contributed by atoms with van der Waals surface area (Å²) in [4.78, 5) is 4.76. The molecule has 1 nitrogen and oxygen atoms in total. The first-order valence-electron chi connectivity index (χ1n) is 10.1. The Hall–Kier alpha value is -1.08. The van der Waals surface area contributed by atoms with Gasteiger partial charge in [0.1, 0.15) is 0 Å². The monoisotopic (exact) mass is 361 g/mol. The summed E-state index contributed by atoms with van der Waals surface area (Å²) >= 11 is 4.64. The lowest BCUT2D eigenvalue weighted by Crippen LogP contribution is -1.91. The van der Waals surface area contributed by atoms with Crippen LogP contribution in [0.15, 0.2) is 36.4 Å². The molecule has 1 aromatic carbocycles. The second kappa shape index (κ2) is 15.2. The predicted molar refractivity (Wildman–Crippen MR) is 114 cm³/mol. The first-order valence-corrected chi connectivity index (χ1v) is 10.9. The Morgan fingerprint density at radius 3 is 1.88 bits per heavy atom. The van der Waals surface area contributed by atoms with Crippen LogP contribution >= 0.6 is 11.6 Å². The maximum atomic E-state index is 4.76. The van der Waals surface area contributed by atoms with Gasteiger partial charge in [-0.15, -0.1) is 11.6 Å². The van der Waals surface area contributed by atoms with Gasteiger partial charge in [0.25, 0.3) is 0 Å². The standard InChI is InChI=1S/C22H33N.CH3Cl/c1-2-3-4-5-6-7-8-9-10-11-12-16-21-19-18-20-15-13-14-17-22(20)23-21;1-2/h13-15,17-19H,2-12,16H2,1H3;1H3. The topological polar surface area (TPSA) is 12.9 Å². The van der Waals surface area contributed by atoms with Gasteiger partial charge in [-0.2, -0.15) is 0 Å². The second-order valence-electron chi connectivity index (χ2n) is 6.78. The van der Waals surface area contributed by atoms with Crippen LogP contribution in [0.25, 0.3) is 10.9 Å². The third kappa shape index (κ3) is 9.84. The summed E-state index contributed by atoms with van der Waals surface area (Å²) in [5.41, 5.74) is 2.38. The summed E-state index contributed by atoms with van der Waals surface area (Å²) in [5.74, 6) is 0. The number of pyridine rings is 1. The van der Waals surface area contributed by atoms with E-state index in [0.29, 0.717) is 0 Å². The van der Waals surface area contributed by atoms with Crippen molar-refractivity contribution in [2.45, 2.75) is 84.0 Å².